The van der Waals surface area contributed by atoms with Gasteiger partial charge in [-0.25, -0.2) is 39.4 Å². The van der Waals surface area contributed by atoms with Gasteiger partial charge in [-0.15, -0.1) is 0 Å². The van der Waals surface area contributed by atoms with E-state index >= 15 is 8.78 Å². The molecule has 3 aromatic heterocycles. The molecule has 8 rings (SSSR count). The predicted molar refractivity (Wildman–Crippen MR) is 218 cm³/mol. The zero-order chi connectivity index (χ0) is 48.2. The van der Waals surface area contributed by atoms with Crippen molar-refractivity contribution in [1.29, 1.82) is 0 Å². The number of aromatic nitrogens is 6. The normalized spacial score (nSPS) is 18.5. The minimum atomic E-state index is -5.20. The molecule has 1 amide bonds. The van der Waals surface area contributed by atoms with Crippen molar-refractivity contribution in [2.75, 3.05) is 11.0 Å². The molecule has 0 spiro atoms. The van der Waals surface area contributed by atoms with E-state index in [-0.39, 0.29) is 39.9 Å². The molecule has 3 heterocycles. The van der Waals surface area contributed by atoms with Gasteiger partial charge in [-0.3, -0.25) is 28.2 Å². The van der Waals surface area contributed by atoms with Crippen molar-refractivity contribution in [3.63, 3.8) is 0 Å². The molecule has 2 saturated carbocycles. The smallest absolute Gasteiger partial charge is 0.344 e. The van der Waals surface area contributed by atoms with Crippen LogP contribution in [0.25, 0.3) is 16.6 Å². The van der Waals surface area contributed by atoms with Crippen molar-refractivity contribution < 1.29 is 61.1 Å². The number of carbonyl (C=O) groups is 1. The monoisotopic (exact) mass is 992 g/mol. The molecule has 0 unspecified atom stereocenters. The molecule has 0 aliphatic heterocycles. The third-order valence-electron chi connectivity index (χ3n) is 11.4. The number of sulfonamides is 1. The summed E-state index contributed by atoms with van der Waals surface area (Å²) in [6.07, 6.45) is -7.90. The molecule has 3 atom stereocenters. The van der Waals surface area contributed by atoms with E-state index < -0.39 is 154 Å². The molecule has 0 bridgehead atoms. The summed E-state index contributed by atoms with van der Waals surface area (Å²) in [5.41, 5.74) is -6.22. The average Bonchev–Trinajstić information content (AvgIpc) is 4.10. The van der Waals surface area contributed by atoms with E-state index in [1.54, 1.807) is 0 Å². The first-order chi connectivity index (χ1) is 30.6. The van der Waals surface area contributed by atoms with Gasteiger partial charge in [-0.05, 0) is 74.8 Å². The van der Waals surface area contributed by atoms with E-state index in [1.807, 2.05) is 0 Å². The fraction of sp³-hybridized carbons (Fsp3) is 0.425. The largest absolute Gasteiger partial charge is 0.435 e. The van der Waals surface area contributed by atoms with Crippen molar-refractivity contribution in [1.82, 2.24) is 34.4 Å². The molecule has 352 valence electrons. The lowest BCUT2D eigenvalue weighted by atomic mass is 10.0. The van der Waals surface area contributed by atoms with Crippen molar-refractivity contribution in [3.05, 3.63) is 97.4 Å². The maximum Gasteiger partial charge on any atom is 0.435 e. The molecule has 3 aliphatic carbocycles. The number of hydrogen-bond donors (Lipinski definition) is 2. The van der Waals surface area contributed by atoms with Gasteiger partial charge in [0.2, 0.25) is 15.9 Å². The molecule has 26 heteroatoms. The van der Waals surface area contributed by atoms with Crippen LogP contribution in [0.4, 0.5) is 45.3 Å². The Morgan fingerprint density at radius 1 is 1.02 bits per heavy atom. The zero-order valence-corrected chi connectivity index (χ0v) is 36.7. The lowest BCUT2D eigenvalue weighted by molar-refractivity contribution is -0.142. The summed E-state index contributed by atoms with van der Waals surface area (Å²) >= 11 is 6.56. The summed E-state index contributed by atoms with van der Waals surface area (Å²) in [7, 11) is -8.05. The number of nitrogens with one attached hydrogen (secondary N) is 2. The first-order valence-corrected chi connectivity index (χ1v) is 23.6. The number of carbonyl (C=O) groups excluding carboxylic acids is 1. The Balaban J connectivity index is 1.34. The van der Waals surface area contributed by atoms with Crippen molar-refractivity contribution in [3.8, 4) is 17.5 Å². The molecule has 3 aliphatic rings. The summed E-state index contributed by atoms with van der Waals surface area (Å²) in [4.78, 5) is 33.0. The standard InChI is InChI=1S/C40H34ClF9N8O6S2/c1-38(2,65(3,61)62)9-8-21-14-30(60)58(27-7-6-25(41)32-33(27)56(16-28(44)45)54-36(32)55-66(63,64)22-4-5-22)37(51-21)26(12-18-10-19(42)13-20(43)11-18)52-29(59)17-57-35-31(34(53-57)40(48,49)50)23-15-24(23)39(35,46)47/h6-7,10-11,13-14,22-24,26,28H,4-5,12,15-17H2,1-3H3,(H,52,59)(H,54,55)/t23-,24+,26-/m0/s1. The zero-order valence-electron chi connectivity index (χ0n) is 34.3. The molecule has 66 heavy (non-hydrogen) atoms. The van der Waals surface area contributed by atoms with E-state index in [0.717, 1.165) is 36.6 Å². The number of alkyl halides is 7. The fourth-order valence-electron chi connectivity index (χ4n) is 7.86. The fourth-order valence-corrected chi connectivity index (χ4v) is 9.68. The number of benzene rings is 2. The maximum atomic E-state index is 15.5. The number of anilines is 1. The van der Waals surface area contributed by atoms with Crippen LogP contribution in [0.5, 0.6) is 0 Å². The SMILES string of the molecule is CC(C)(C#Cc1cc(=O)n(-c2ccc(Cl)c3c(NS(=O)(=O)C4CC4)nn(CC(F)F)c23)c([C@H](Cc2cc(F)cc(F)c2)NC(=O)Cn2nc(C(F)(F)F)c3c2C(F)(F)[C@@H]2C[C@H]32)n1)S(C)(=O)=O. The topological polar surface area (TPSA) is 180 Å². The number of nitrogens with zero attached hydrogens (tertiary/aromatic N) is 6. The third kappa shape index (κ3) is 8.73. The Bertz CT molecular complexity index is 3190. The predicted octanol–water partition coefficient (Wildman–Crippen LogP) is 6.38. The van der Waals surface area contributed by atoms with Crippen LogP contribution >= 0.6 is 11.6 Å². The highest BCUT2D eigenvalue weighted by Crippen LogP contribution is 2.68. The molecule has 2 aromatic carbocycles. The van der Waals surface area contributed by atoms with Crippen LogP contribution in [0.1, 0.15) is 79.1 Å². The Labute approximate surface area is 373 Å². The van der Waals surface area contributed by atoms with Gasteiger partial charge in [0.15, 0.2) is 21.3 Å². The second kappa shape index (κ2) is 16.0. The second-order valence-corrected chi connectivity index (χ2v) is 21.6. The molecule has 14 nitrogen and oxygen atoms in total. The first kappa shape index (κ1) is 46.9. The number of hydrogen-bond acceptors (Lipinski definition) is 9. The van der Waals surface area contributed by atoms with Crippen LogP contribution < -0.4 is 15.6 Å². The van der Waals surface area contributed by atoms with Crippen LogP contribution in [0.3, 0.4) is 0 Å². The summed E-state index contributed by atoms with van der Waals surface area (Å²) in [5.74, 6) is -6.29. The van der Waals surface area contributed by atoms with Crippen LogP contribution in [-0.4, -0.2) is 74.5 Å². The van der Waals surface area contributed by atoms with Crippen LogP contribution in [0, 0.1) is 29.4 Å². The van der Waals surface area contributed by atoms with E-state index in [4.69, 9.17) is 11.6 Å². The maximum absolute atomic E-state index is 15.5. The highest BCUT2D eigenvalue weighted by molar-refractivity contribution is 7.93. The molecule has 2 fully saturated rings. The summed E-state index contributed by atoms with van der Waals surface area (Å²) in [6.45, 7) is -0.0673. The Hall–Kier alpha value is -5.61. The minimum absolute atomic E-state index is 0.199. The Morgan fingerprint density at radius 2 is 1.68 bits per heavy atom. The first-order valence-electron chi connectivity index (χ1n) is 19.7. The number of amides is 1. The number of halogens is 10. The minimum Gasteiger partial charge on any atom is -0.344 e. The van der Waals surface area contributed by atoms with Crippen molar-refractivity contribution in [2.45, 2.75) is 93.1 Å². The van der Waals surface area contributed by atoms with E-state index in [9.17, 15) is 57.2 Å². The number of rotatable bonds is 13. The Morgan fingerprint density at radius 3 is 2.29 bits per heavy atom. The van der Waals surface area contributed by atoms with Gasteiger partial charge in [0.05, 0.1) is 32.9 Å². The molecular weight excluding hydrogens is 959 g/mol. The highest BCUT2D eigenvalue weighted by atomic mass is 35.5. The van der Waals surface area contributed by atoms with Crippen molar-refractivity contribution >= 4 is 54.1 Å². The quantitative estimate of drug-likeness (QED) is 0.100. The molecule has 2 N–H and O–H groups in total. The number of sulfone groups is 1. The van der Waals surface area contributed by atoms with E-state index in [0.29, 0.717) is 15.3 Å². The Kier molecular flexibility index (Phi) is 11.4. The van der Waals surface area contributed by atoms with Gasteiger partial charge >= 0.3 is 6.18 Å². The van der Waals surface area contributed by atoms with Gasteiger partial charge in [0, 0.05) is 36.3 Å². The average molecular weight is 993 g/mol. The summed E-state index contributed by atoms with van der Waals surface area (Å²) < 4.78 is 185. The third-order valence-corrected chi connectivity index (χ3v) is 15.5. The number of fused-ring (bicyclic) bond motifs is 4. The van der Waals surface area contributed by atoms with Crippen LogP contribution in [-0.2, 0) is 56.3 Å². The van der Waals surface area contributed by atoms with Crippen molar-refractivity contribution in [2.24, 2.45) is 5.92 Å². The van der Waals surface area contributed by atoms with Gasteiger partial charge in [0.25, 0.3) is 17.9 Å². The molecule has 0 saturated heterocycles. The summed E-state index contributed by atoms with van der Waals surface area (Å²) in [6, 6.07) is 3.27. The van der Waals surface area contributed by atoms with Crippen LogP contribution in [0.15, 0.2) is 41.2 Å². The van der Waals surface area contributed by atoms with Crippen LogP contribution in [0.2, 0.25) is 5.02 Å². The lowest BCUT2D eigenvalue weighted by Crippen LogP contribution is -2.38. The second-order valence-electron chi connectivity index (χ2n) is 16.7. The highest BCUT2D eigenvalue weighted by Gasteiger charge is 2.68. The summed E-state index contributed by atoms with van der Waals surface area (Å²) in [5, 5.41) is 8.42. The molecular formula is C40H34ClF9N8O6S2. The van der Waals surface area contributed by atoms with Gasteiger partial charge in [-0.1, -0.05) is 17.5 Å². The lowest BCUT2D eigenvalue weighted by Gasteiger charge is -2.24. The van der Waals surface area contributed by atoms with Gasteiger partial charge in [0.1, 0.15) is 46.7 Å². The molecule has 5 aromatic rings. The van der Waals surface area contributed by atoms with E-state index in [2.05, 4.69) is 37.1 Å². The van der Waals surface area contributed by atoms with Gasteiger partial charge in [-0.2, -0.15) is 32.1 Å². The van der Waals surface area contributed by atoms with E-state index in [1.165, 1.54) is 13.8 Å². The molecule has 0 radical (unpaired) electrons. The van der Waals surface area contributed by atoms with Gasteiger partial charge < -0.3 is 5.32 Å².